The number of phenols is 1. The third-order valence-corrected chi connectivity index (χ3v) is 7.42. The lowest BCUT2D eigenvalue weighted by atomic mass is 9.84. The summed E-state index contributed by atoms with van der Waals surface area (Å²) in [5.74, 6) is 2.58. The molecular weight excluding hydrogens is 450 g/mol. The summed E-state index contributed by atoms with van der Waals surface area (Å²) < 4.78 is 11.5. The van der Waals surface area contributed by atoms with Gasteiger partial charge in [0.15, 0.2) is 0 Å². The van der Waals surface area contributed by atoms with E-state index in [1.54, 1.807) is 13.2 Å². The fourth-order valence-corrected chi connectivity index (χ4v) is 5.46. The number of nitrogens with zero attached hydrogens (tertiary/aromatic N) is 3. The number of hydrogen-bond acceptors (Lipinski definition) is 6. The van der Waals surface area contributed by atoms with Gasteiger partial charge in [-0.25, -0.2) is 0 Å². The molecule has 0 aliphatic carbocycles. The zero-order valence-electron chi connectivity index (χ0n) is 21.4. The number of anilines is 1. The van der Waals surface area contributed by atoms with Gasteiger partial charge in [-0.2, -0.15) is 0 Å². The van der Waals surface area contributed by atoms with Crippen LogP contribution in [0.5, 0.6) is 17.2 Å². The Balaban J connectivity index is 1.12. The van der Waals surface area contributed by atoms with Gasteiger partial charge in [0, 0.05) is 51.7 Å². The first-order chi connectivity index (χ1) is 17.6. The molecule has 0 bridgehead atoms. The van der Waals surface area contributed by atoms with Crippen LogP contribution in [0.1, 0.15) is 29.0 Å². The maximum Gasteiger partial charge on any atom is 0.138 e. The summed E-state index contributed by atoms with van der Waals surface area (Å²) in [4.78, 5) is 7.14. The van der Waals surface area contributed by atoms with Crippen molar-refractivity contribution in [1.82, 2.24) is 9.80 Å². The lowest BCUT2D eigenvalue weighted by Crippen LogP contribution is -2.46. The van der Waals surface area contributed by atoms with Crippen LogP contribution in [0.3, 0.4) is 0 Å². The molecule has 6 nitrogen and oxygen atoms in total. The molecule has 0 radical (unpaired) electrons. The summed E-state index contributed by atoms with van der Waals surface area (Å²) in [6.45, 7) is 7.59. The van der Waals surface area contributed by atoms with Crippen LogP contribution in [0.25, 0.3) is 0 Å². The number of phenolic OH excluding ortho intramolecular Hbond substituents is 1. The van der Waals surface area contributed by atoms with E-state index in [1.807, 2.05) is 30.3 Å². The first-order valence-electron chi connectivity index (χ1n) is 12.9. The molecule has 1 atom stereocenters. The molecule has 0 amide bonds. The molecule has 1 saturated heterocycles. The number of para-hydroxylation sites is 2. The summed E-state index contributed by atoms with van der Waals surface area (Å²) in [5.41, 5.74) is 5.00. The van der Waals surface area contributed by atoms with Gasteiger partial charge < -0.3 is 24.4 Å². The molecule has 3 aromatic rings. The van der Waals surface area contributed by atoms with Crippen molar-refractivity contribution in [2.45, 2.75) is 18.9 Å². The summed E-state index contributed by atoms with van der Waals surface area (Å²) in [5, 5.41) is 10.1. The first kappa shape index (κ1) is 24.5. The standard InChI is InChI=1S/C30H37N3O3/c1-31-21-24-20-26(12-13-27(24)28(22-31)23-8-10-25(35-2)11-9-23)36-19-5-14-32-15-17-33(18-16-32)29-6-3-4-7-30(29)34/h3-4,6-13,20,28,34H,5,14-19,21-22H2,1-2H3. The Kier molecular flexibility index (Phi) is 7.63. The number of hydrogen-bond donors (Lipinski definition) is 1. The van der Waals surface area contributed by atoms with Crippen molar-refractivity contribution in [3.05, 3.63) is 83.4 Å². The molecule has 0 aromatic heterocycles. The highest BCUT2D eigenvalue weighted by molar-refractivity contribution is 5.57. The highest BCUT2D eigenvalue weighted by Crippen LogP contribution is 2.35. The average Bonchev–Trinajstić information content (AvgIpc) is 2.91. The molecule has 1 N–H and O–H groups in total. The SMILES string of the molecule is COc1ccc(C2CN(C)Cc3cc(OCCCN4CCN(c5ccccc5O)CC4)ccc32)cc1. The van der Waals surface area contributed by atoms with Crippen LogP contribution in [0.4, 0.5) is 5.69 Å². The molecule has 5 rings (SSSR count). The number of methoxy groups -OCH3 is 1. The van der Waals surface area contributed by atoms with Gasteiger partial charge in [-0.05, 0) is 66.6 Å². The second kappa shape index (κ2) is 11.2. The number of aromatic hydroxyl groups is 1. The topological polar surface area (TPSA) is 48.4 Å². The summed E-state index contributed by atoms with van der Waals surface area (Å²) >= 11 is 0. The van der Waals surface area contributed by atoms with Gasteiger partial charge in [0.2, 0.25) is 0 Å². The van der Waals surface area contributed by atoms with E-state index in [2.05, 4.69) is 52.1 Å². The minimum absolute atomic E-state index is 0.357. The molecule has 6 heteroatoms. The third-order valence-electron chi connectivity index (χ3n) is 7.42. The zero-order chi connectivity index (χ0) is 24.9. The quantitative estimate of drug-likeness (QED) is 0.470. The molecule has 2 aliphatic heterocycles. The number of ether oxygens (including phenoxy) is 2. The van der Waals surface area contributed by atoms with E-state index in [0.717, 1.165) is 76.0 Å². The zero-order valence-corrected chi connectivity index (χ0v) is 21.4. The molecule has 1 unspecified atom stereocenters. The fourth-order valence-electron chi connectivity index (χ4n) is 5.46. The summed E-state index contributed by atoms with van der Waals surface area (Å²) in [6.07, 6.45) is 1.00. The molecule has 36 heavy (non-hydrogen) atoms. The van der Waals surface area contributed by atoms with Crippen molar-refractivity contribution >= 4 is 5.69 Å². The Morgan fingerprint density at radius 1 is 0.917 bits per heavy atom. The minimum Gasteiger partial charge on any atom is -0.506 e. The Morgan fingerprint density at radius 2 is 1.67 bits per heavy atom. The molecule has 0 spiro atoms. The molecule has 2 heterocycles. The number of likely N-dealkylation sites (N-methyl/N-ethyl adjacent to an activating group) is 1. The van der Waals surface area contributed by atoms with Crippen LogP contribution in [0.2, 0.25) is 0 Å². The van der Waals surface area contributed by atoms with Gasteiger partial charge in [0.25, 0.3) is 0 Å². The Labute approximate surface area is 214 Å². The second-order valence-corrected chi connectivity index (χ2v) is 9.90. The van der Waals surface area contributed by atoms with Crippen LogP contribution in [0.15, 0.2) is 66.7 Å². The molecule has 1 fully saturated rings. The summed E-state index contributed by atoms with van der Waals surface area (Å²) in [7, 11) is 3.89. The van der Waals surface area contributed by atoms with E-state index >= 15 is 0 Å². The molecule has 0 saturated carbocycles. The average molecular weight is 488 g/mol. The lowest BCUT2D eigenvalue weighted by molar-refractivity contribution is 0.224. The monoisotopic (exact) mass is 487 g/mol. The number of piperazine rings is 1. The molecular formula is C30H37N3O3. The number of benzene rings is 3. The number of rotatable bonds is 8. The molecule has 2 aliphatic rings. The van der Waals surface area contributed by atoms with Crippen LogP contribution >= 0.6 is 0 Å². The first-order valence-corrected chi connectivity index (χ1v) is 12.9. The maximum absolute atomic E-state index is 10.1. The largest absolute Gasteiger partial charge is 0.506 e. The van der Waals surface area contributed by atoms with E-state index in [0.29, 0.717) is 11.7 Å². The van der Waals surface area contributed by atoms with E-state index < -0.39 is 0 Å². The smallest absolute Gasteiger partial charge is 0.138 e. The van der Waals surface area contributed by atoms with Crippen LogP contribution in [0, 0.1) is 0 Å². The highest BCUT2D eigenvalue weighted by Gasteiger charge is 2.25. The predicted octanol–water partition coefficient (Wildman–Crippen LogP) is 4.57. The maximum atomic E-state index is 10.1. The van der Waals surface area contributed by atoms with Crippen molar-refractivity contribution in [1.29, 1.82) is 0 Å². The Hall–Kier alpha value is -3.22. The fraction of sp³-hybridized carbons (Fsp3) is 0.400. The van der Waals surface area contributed by atoms with Gasteiger partial charge >= 0.3 is 0 Å². The second-order valence-electron chi connectivity index (χ2n) is 9.90. The highest BCUT2D eigenvalue weighted by atomic mass is 16.5. The Morgan fingerprint density at radius 3 is 2.42 bits per heavy atom. The van der Waals surface area contributed by atoms with Gasteiger partial charge in [-0.1, -0.05) is 30.3 Å². The van der Waals surface area contributed by atoms with Gasteiger partial charge in [0.1, 0.15) is 17.2 Å². The van der Waals surface area contributed by atoms with Crippen LogP contribution < -0.4 is 14.4 Å². The molecule has 190 valence electrons. The summed E-state index contributed by atoms with van der Waals surface area (Å²) in [6, 6.07) is 22.7. The van der Waals surface area contributed by atoms with Crippen molar-refractivity contribution < 1.29 is 14.6 Å². The van der Waals surface area contributed by atoms with Gasteiger partial charge in [0.05, 0.1) is 19.4 Å². The normalized spacial score (nSPS) is 18.6. The minimum atomic E-state index is 0.357. The van der Waals surface area contributed by atoms with Gasteiger partial charge in [-0.3, -0.25) is 4.90 Å². The number of fused-ring (bicyclic) bond motifs is 1. The van der Waals surface area contributed by atoms with Crippen molar-refractivity contribution in [2.75, 3.05) is 64.9 Å². The predicted molar refractivity (Wildman–Crippen MR) is 144 cm³/mol. The lowest BCUT2D eigenvalue weighted by Gasteiger charge is -2.36. The van der Waals surface area contributed by atoms with Crippen LogP contribution in [-0.2, 0) is 6.54 Å². The van der Waals surface area contributed by atoms with Gasteiger partial charge in [-0.15, -0.1) is 0 Å². The van der Waals surface area contributed by atoms with E-state index in [9.17, 15) is 5.11 Å². The van der Waals surface area contributed by atoms with Crippen molar-refractivity contribution in [3.63, 3.8) is 0 Å². The third kappa shape index (κ3) is 5.61. The van der Waals surface area contributed by atoms with Crippen molar-refractivity contribution in [2.24, 2.45) is 0 Å². The molecule has 3 aromatic carbocycles. The van der Waals surface area contributed by atoms with E-state index in [1.165, 1.54) is 16.7 Å². The Bertz CT molecular complexity index is 1140. The van der Waals surface area contributed by atoms with E-state index in [4.69, 9.17) is 9.47 Å². The van der Waals surface area contributed by atoms with E-state index in [-0.39, 0.29) is 0 Å². The van der Waals surface area contributed by atoms with Crippen molar-refractivity contribution in [3.8, 4) is 17.2 Å². The van der Waals surface area contributed by atoms with Crippen LogP contribution in [-0.4, -0.2) is 74.9 Å².